The van der Waals surface area contributed by atoms with Crippen molar-refractivity contribution >= 4 is 23.2 Å². The van der Waals surface area contributed by atoms with Gasteiger partial charge in [0.15, 0.2) is 5.78 Å². The van der Waals surface area contributed by atoms with E-state index in [9.17, 15) is 18.4 Å². The van der Waals surface area contributed by atoms with Gasteiger partial charge in [-0.3, -0.25) is 9.59 Å². The van der Waals surface area contributed by atoms with Crippen LogP contribution in [0, 0.1) is 0 Å². The van der Waals surface area contributed by atoms with Crippen LogP contribution in [0.1, 0.15) is 10.4 Å². The number of ketones is 2. The Morgan fingerprint density at radius 2 is 1.69 bits per heavy atom. The van der Waals surface area contributed by atoms with Gasteiger partial charge in [-0.2, -0.15) is 0 Å². The van der Waals surface area contributed by atoms with E-state index >= 15 is 0 Å². The number of allylic oxidation sites excluding steroid dienone is 1. The van der Waals surface area contributed by atoms with Gasteiger partial charge in [0.2, 0.25) is 5.78 Å². The van der Waals surface area contributed by atoms with Gasteiger partial charge < -0.3 is 0 Å². The zero-order chi connectivity index (χ0) is 12.3. The Balaban J connectivity index is 2.91. The number of hydrogen-bond acceptors (Lipinski definition) is 2. The van der Waals surface area contributed by atoms with Crippen molar-refractivity contribution in [1.82, 2.24) is 0 Å². The highest BCUT2D eigenvalue weighted by atomic mass is 35.5. The minimum absolute atomic E-state index is 0.100. The van der Waals surface area contributed by atoms with E-state index in [1.807, 2.05) is 0 Å². The summed E-state index contributed by atoms with van der Waals surface area (Å²) < 4.78 is 24.1. The van der Waals surface area contributed by atoms with E-state index in [2.05, 4.69) is 6.58 Å². The monoisotopic (exact) mass is 244 g/mol. The molecule has 0 aliphatic heterocycles. The maximum atomic E-state index is 12.0. The number of alkyl halides is 2. The van der Waals surface area contributed by atoms with Crippen molar-refractivity contribution in [3.05, 3.63) is 47.0 Å². The number of carbonyl (C=O) groups is 2. The van der Waals surface area contributed by atoms with Gasteiger partial charge in [0.05, 0.1) is 5.57 Å². The first kappa shape index (κ1) is 12.5. The molecule has 0 amide bonds. The molecule has 16 heavy (non-hydrogen) atoms. The van der Waals surface area contributed by atoms with Crippen molar-refractivity contribution in [1.29, 1.82) is 0 Å². The van der Waals surface area contributed by atoms with Gasteiger partial charge in [-0.25, -0.2) is 8.78 Å². The molecule has 84 valence electrons. The van der Waals surface area contributed by atoms with E-state index in [0.29, 0.717) is 5.02 Å². The molecule has 0 bridgehead atoms. The van der Waals surface area contributed by atoms with E-state index < -0.39 is 23.6 Å². The average molecular weight is 245 g/mol. The van der Waals surface area contributed by atoms with Gasteiger partial charge in [-0.05, 0) is 24.3 Å². The zero-order valence-electron chi connectivity index (χ0n) is 8.04. The van der Waals surface area contributed by atoms with Gasteiger partial charge in [-0.15, -0.1) is 0 Å². The van der Waals surface area contributed by atoms with Crippen molar-refractivity contribution in [2.45, 2.75) is 6.43 Å². The summed E-state index contributed by atoms with van der Waals surface area (Å²) in [6.45, 7) is 3.06. The summed E-state index contributed by atoms with van der Waals surface area (Å²) >= 11 is 5.59. The number of Topliss-reactive ketones (excluding diaryl/α,β-unsaturated/α-hetero) is 2. The van der Waals surface area contributed by atoms with Crippen molar-refractivity contribution < 1.29 is 18.4 Å². The average Bonchev–Trinajstić information content (AvgIpc) is 2.27. The van der Waals surface area contributed by atoms with Crippen LogP contribution in [0.5, 0.6) is 0 Å². The Hall–Kier alpha value is -1.55. The van der Waals surface area contributed by atoms with Crippen LogP contribution < -0.4 is 0 Å². The molecule has 0 saturated heterocycles. The highest BCUT2D eigenvalue weighted by Gasteiger charge is 2.24. The Bertz CT molecular complexity index is 438. The predicted octanol–water partition coefficient (Wildman–Crippen LogP) is 2.91. The van der Waals surface area contributed by atoms with Crippen molar-refractivity contribution in [3.8, 4) is 0 Å². The van der Waals surface area contributed by atoms with E-state index in [0.717, 1.165) is 0 Å². The van der Waals surface area contributed by atoms with Crippen molar-refractivity contribution in [3.63, 3.8) is 0 Å². The summed E-state index contributed by atoms with van der Waals surface area (Å²) in [6, 6.07) is 5.53. The van der Waals surface area contributed by atoms with Crippen LogP contribution in [0.15, 0.2) is 36.4 Å². The van der Waals surface area contributed by atoms with Gasteiger partial charge in [0.1, 0.15) is 0 Å². The number of benzene rings is 1. The third-order valence-electron chi connectivity index (χ3n) is 1.88. The number of rotatable bonds is 4. The highest BCUT2D eigenvalue weighted by molar-refractivity contribution is 6.31. The largest absolute Gasteiger partial charge is 0.300 e. The van der Waals surface area contributed by atoms with Crippen LogP contribution in [0.4, 0.5) is 8.78 Å². The van der Waals surface area contributed by atoms with Crippen LogP contribution in [0.25, 0.3) is 0 Å². The molecule has 0 unspecified atom stereocenters. The number of hydrogen-bond donors (Lipinski definition) is 0. The lowest BCUT2D eigenvalue weighted by Gasteiger charge is -2.03. The quantitative estimate of drug-likeness (QED) is 0.353. The summed E-state index contributed by atoms with van der Waals surface area (Å²) in [5.41, 5.74) is -0.624. The van der Waals surface area contributed by atoms with E-state index in [4.69, 9.17) is 11.6 Å². The summed E-state index contributed by atoms with van der Waals surface area (Å²) in [7, 11) is 0. The molecule has 0 radical (unpaired) electrons. The summed E-state index contributed by atoms with van der Waals surface area (Å²) in [4.78, 5) is 22.3. The minimum Gasteiger partial charge on any atom is -0.288 e. The fourth-order valence-electron chi connectivity index (χ4n) is 1.02. The first-order chi connectivity index (χ1) is 7.43. The summed E-state index contributed by atoms with van der Waals surface area (Å²) in [6.07, 6.45) is -3.22. The maximum absolute atomic E-state index is 12.0. The second kappa shape index (κ2) is 4.99. The second-order valence-corrected chi connectivity index (χ2v) is 3.42. The molecule has 0 aromatic heterocycles. The van der Waals surface area contributed by atoms with Crippen LogP contribution >= 0.6 is 11.6 Å². The molecule has 0 N–H and O–H groups in total. The van der Waals surface area contributed by atoms with Crippen LogP contribution in [0.3, 0.4) is 0 Å². The molecule has 1 aromatic rings. The molecule has 0 aliphatic rings. The number of carbonyl (C=O) groups excluding carboxylic acids is 2. The minimum atomic E-state index is -3.22. The molecule has 5 heteroatoms. The Kier molecular flexibility index (Phi) is 3.90. The molecule has 0 spiro atoms. The molecule has 2 nitrogen and oxygen atoms in total. The molecule has 0 saturated carbocycles. The molecule has 1 rings (SSSR count). The summed E-state index contributed by atoms with van der Waals surface area (Å²) in [5.74, 6) is -2.37. The number of halogens is 3. The molecular formula is C11H7ClF2O2. The van der Waals surface area contributed by atoms with E-state index in [1.54, 1.807) is 0 Å². The van der Waals surface area contributed by atoms with E-state index in [1.165, 1.54) is 24.3 Å². The Morgan fingerprint density at radius 1 is 1.19 bits per heavy atom. The van der Waals surface area contributed by atoms with Crippen LogP contribution in [-0.2, 0) is 4.79 Å². The molecular weight excluding hydrogens is 238 g/mol. The normalized spacial score (nSPS) is 10.2. The van der Waals surface area contributed by atoms with Gasteiger partial charge in [0.25, 0.3) is 0 Å². The topological polar surface area (TPSA) is 34.1 Å². The van der Waals surface area contributed by atoms with Crippen LogP contribution in [0.2, 0.25) is 5.02 Å². The summed E-state index contributed by atoms with van der Waals surface area (Å²) in [5, 5.41) is 0.405. The Morgan fingerprint density at radius 3 is 2.12 bits per heavy atom. The highest BCUT2D eigenvalue weighted by Crippen LogP contribution is 2.14. The smallest absolute Gasteiger partial charge is 0.288 e. The lowest BCUT2D eigenvalue weighted by molar-refractivity contribution is -0.125. The first-order valence-electron chi connectivity index (χ1n) is 4.25. The van der Waals surface area contributed by atoms with Gasteiger partial charge in [0, 0.05) is 10.6 Å². The SMILES string of the molecule is C=C(C(=O)c1ccc(Cl)cc1)C(=O)C(F)F. The predicted molar refractivity (Wildman–Crippen MR) is 55.9 cm³/mol. The lowest BCUT2D eigenvalue weighted by atomic mass is 10.0. The van der Waals surface area contributed by atoms with Gasteiger partial charge >= 0.3 is 6.43 Å². The van der Waals surface area contributed by atoms with Gasteiger partial charge in [-0.1, -0.05) is 18.2 Å². The standard InChI is InChI=1S/C11H7ClF2O2/c1-6(10(16)11(13)14)9(15)7-2-4-8(12)5-3-7/h2-5,11H,1H2. The third-order valence-corrected chi connectivity index (χ3v) is 2.13. The van der Waals surface area contributed by atoms with Crippen molar-refractivity contribution in [2.75, 3.05) is 0 Å². The zero-order valence-corrected chi connectivity index (χ0v) is 8.80. The molecule has 1 aromatic carbocycles. The second-order valence-electron chi connectivity index (χ2n) is 2.98. The Labute approximate surface area is 95.5 Å². The maximum Gasteiger partial charge on any atom is 0.300 e. The van der Waals surface area contributed by atoms with E-state index in [-0.39, 0.29) is 5.56 Å². The van der Waals surface area contributed by atoms with Crippen molar-refractivity contribution in [2.24, 2.45) is 0 Å². The third kappa shape index (κ3) is 2.73. The fraction of sp³-hybridized carbons (Fsp3) is 0.0909. The fourth-order valence-corrected chi connectivity index (χ4v) is 1.15. The first-order valence-corrected chi connectivity index (χ1v) is 4.63. The molecule has 0 atom stereocenters. The molecule has 0 aliphatic carbocycles. The van der Waals surface area contributed by atoms with Crippen LogP contribution in [-0.4, -0.2) is 18.0 Å². The lowest BCUT2D eigenvalue weighted by Crippen LogP contribution is -2.18. The molecule has 0 heterocycles. The molecule has 0 fully saturated rings.